The number of aryl methyl sites for hydroxylation is 1. The molecular formula is C52H62F3N9O8S. The Bertz CT molecular complexity index is 2720. The first-order valence-electron chi connectivity index (χ1n) is 24.0. The molecule has 3 atom stereocenters. The number of likely N-dealkylation sites (tertiary alicyclic amines) is 1. The fraction of sp³-hybridized carbons (Fsp3) is 0.500. The van der Waals surface area contributed by atoms with Crippen molar-refractivity contribution in [1.29, 1.82) is 5.26 Å². The van der Waals surface area contributed by atoms with Gasteiger partial charge in [-0.3, -0.25) is 28.9 Å². The highest BCUT2D eigenvalue weighted by Crippen LogP contribution is 2.56. The van der Waals surface area contributed by atoms with Crippen molar-refractivity contribution in [2.24, 2.45) is 16.2 Å². The Labute approximate surface area is 426 Å². The van der Waals surface area contributed by atoms with E-state index >= 15 is 0 Å². The number of hydrogen-bond acceptors (Lipinski definition) is 13. The molecule has 7 rings (SSSR count). The fourth-order valence-corrected chi connectivity index (χ4v) is 11.1. The zero-order valence-electron chi connectivity index (χ0n) is 42.1. The number of carbonyl (C=O) groups excluding carboxylic acids is 5. The van der Waals surface area contributed by atoms with E-state index in [1.165, 1.54) is 23.2 Å². The van der Waals surface area contributed by atoms with Crippen LogP contribution in [-0.2, 0) is 36.6 Å². The van der Waals surface area contributed by atoms with Crippen LogP contribution in [0.25, 0.3) is 10.4 Å². The molecule has 1 aliphatic carbocycles. The molecule has 2 saturated heterocycles. The number of nitrogens with zero attached hydrogens (tertiary/aromatic N) is 6. The zero-order chi connectivity index (χ0) is 53.2. The number of piperazine rings is 1. The predicted molar refractivity (Wildman–Crippen MR) is 265 cm³/mol. The summed E-state index contributed by atoms with van der Waals surface area (Å²) in [5, 5.41) is 28.5. The van der Waals surface area contributed by atoms with E-state index in [0.29, 0.717) is 25.3 Å². The molecule has 21 heteroatoms. The van der Waals surface area contributed by atoms with Crippen molar-refractivity contribution in [3.63, 3.8) is 0 Å². The van der Waals surface area contributed by atoms with Gasteiger partial charge in [0, 0.05) is 56.0 Å². The Kier molecular flexibility index (Phi) is 16.0. The quantitative estimate of drug-likeness (QED) is 0.103. The van der Waals surface area contributed by atoms with Gasteiger partial charge in [-0.05, 0) is 53.8 Å². The SMILES string of the molecule is Cc1ncsc1-c1ccc(CNC(=O)[C@@H]2C[C@@H](O)CN2C(=O)[C@@H](NC(=O)COCCN2CCN(c3ccc(C(=O)NC4C(C)(C)C(Oc5ccc(C#N)c(C(F)(F)F)c5)C4(C)C)nc3)C(=O)C2)C(C)(C)C)cc1. The van der Waals surface area contributed by atoms with Gasteiger partial charge < -0.3 is 40.3 Å². The van der Waals surface area contributed by atoms with Crippen molar-refractivity contribution < 1.29 is 51.7 Å². The molecule has 2 aliphatic heterocycles. The van der Waals surface area contributed by atoms with Crippen molar-refractivity contribution in [3.8, 4) is 22.3 Å². The number of nitrogens with one attached hydrogen (secondary N) is 3. The van der Waals surface area contributed by atoms with Gasteiger partial charge in [0.2, 0.25) is 23.6 Å². The Hall–Kier alpha value is -6.47. The number of aromatic nitrogens is 2. The minimum absolute atomic E-state index is 0.0399. The lowest BCUT2D eigenvalue weighted by atomic mass is 9.49. The third-order valence-corrected chi connectivity index (χ3v) is 14.9. The zero-order valence-corrected chi connectivity index (χ0v) is 42.9. The van der Waals surface area contributed by atoms with Crippen LogP contribution in [0.4, 0.5) is 18.9 Å². The van der Waals surface area contributed by atoms with Crippen LogP contribution in [0, 0.1) is 34.5 Å². The summed E-state index contributed by atoms with van der Waals surface area (Å²) in [4.78, 5) is 82.0. The summed E-state index contributed by atoms with van der Waals surface area (Å²) >= 11 is 1.55. The maximum atomic E-state index is 14.1. The topological polar surface area (TPSA) is 219 Å². The number of aliphatic hydroxyl groups is 1. The van der Waals surface area contributed by atoms with Gasteiger partial charge in [0.1, 0.15) is 36.2 Å². The lowest BCUT2D eigenvalue weighted by molar-refractivity contribution is -0.164. The first-order chi connectivity index (χ1) is 34.3. The first-order valence-corrected chi connectivity index (χ1v) is 24.9. The molecule has 4 N–H and O–H groups in total. The van der Waals surface area contributed by atoms with Gasteiger partial charge in [0.05, 0.1) is 64.4 Å². The van der Waals surface area contributed by atoms with Crippen LogP contribution in [-0.4, -0.2) is 131 Å². The number of hydrogen-bond donors (Lipinski definition) is 4. The van der Waals surface area contributed by atoms with Gasteiger partial charge in [-0.25, -0.2) is 9.97 Å². The summed E-state index contributed by atoms with van der Waals surface area (Å²) in [6, 6.07) is 13.3. The number of thiazole rings is 1. The van der Waals surface area contributed by atoms with Gasteiger partial charge in [-0.2, -0.15) is 18.4 Å². The van der Waals surface area contributed by atoms with Crippen LogP contribution in [0.15, 0.2) is 66.3 Å². The number of aliphatic hydroxyl groups excluding tert-OH is 1. The van der Waals surface area contributed by atoms with E-state index in [9.17, 15) is 47.5 Å². The van der Waals surface area contributed by atoms with Crippen molar-refractivity contribution in [1.82, 2.24) is 35.7 Å². The van der Waals surface area contributed by atoms with Crippen LogP contribution in [0.3, 0.4) is 0 Å². The van der Waals surface area contributed by atoms with Gasteiger partial charge in [-0.15, -0.1) is 11.3 Å². The van der Waals surface area contributed by atoms with E-state index in [1.54, 1.807) is 54.7 Å². The highest BCUT2D eigenvalue weighted by molar-refractivity contribution is 7.13. The van der Waals surface area contributed by atoms with Gasteiger partial charge in [0.25, 0.3) is 5.91 Å². The molecule has 3 fully saturated rings. The molecule has 2 aromatic carbocycles. The predicted octanol–water partition coefficient (Wildman–Crippen LogP) is 5.49. The summed E-state index contributed by atoms with van der Waals surface area (Å²) in [5.41, 5.74) is 1.44. The summed E-state index contributed by atoms with van der Waals surface area (Å²) in [5.74, 6) is -2.17. The number of anilines is 1. The fourth-order valence-electron chi connectivity index (χ4n) is 10.3. The van der Waals surface area contributed by atoms with E-state index in [1.807, 2.05) is 63.8 Å². The third kappa shape index (κ3) is 12.2. The highest BCUT2D eigenvalue weighted by Gasteiger charge is 2.64. The van der Waals surface area contributed by atoms with Crippen LogP contribution in [0.1, 0.15) is 87.8 Å². The smallest absolute Gasteiger partial charge is 0.417 e. The number of carbonyl (C=O) groups is 5. The number of pyridine rings is 1. The largest absolute Gasteiger partial charge is 0.489 e. The second-order valence-electron chi connectivity index (χ2n) is 21.1. The molecule has 1 saturated carbocycles. The minimum atomic E-state index is -4.74. The molecule has 73 heavy (non-hydrogen) atoms. The van der Waals surface area contributed by atoms with Gasteiger partial charge >= 0.3 is 6.18 Å². The van der Waals surface area contributed by atoms with E-state index in [4.69, 9.17) is 9.47 Å². The number of rotatable bonds is 16. The van der Waals surface area contributed by atoms with Crippen molar-refractivity contribution in [2.45, 2.75) is 105 Å². The Morgan fingerprint density at radius 3 is 2.32 bits per heavy atom. The molecule has 4 heterocycles. The Morgan fingerprint density at radius 1 is 1.00 bits per heavy atom. The standard InChI is InChI=1S/C52H62F3N9O8S/c1-30-42(73-29-59-30)32-11-9-31(10-12-32)24-58-45(69)39-21-35(65)26-64(39)46(70)43(49(2,3)4)60-40(66)28-71-20-19-62-17-18-63(41(67)27-62)34-14-16-38(57-25-34)44(68)61-47-50(5,6)48(51(47,7)8)72-36-15-13-33(23-56)37(22-36)52(53,54)55/h9-16,22,25,29,35,39,43,47-48,65H,17-21,24,26-28H2,1-8H3,(H,58,69)(H,60,66)(H,61,68)/t35-,39+,43-,47?,48?/m1/s1. The molecule has 0 radical (unpaired) electrons. The lowest BCUT2D eigenvalue weighted by Gasteiger charge is -2.63. The van der Waals surface area contributed by atoms with Crippen LogP contribution in [0.5, 0.6) is 5.75 Å². The lowest BCUT2D eigenvalue weighted by Crippen LogP contribution is -2.74. The summed E-state index contributed by atoms with van der Waals surface area (Å²) in [6.45, 7) is 15.8. The third-order valence-electron chi connectivity index (χ3n) is 13.9. The highest BCUT2D eigenvalue weighted by atomic mass is 32.1. The summed E-state index contributed by atoms with van der Waals surface area (Å²) < 4.78 is 52.7. The van der Waals surface area contributed by atoms with E-state index in [2.05, 4.69) is 25.9 Å². The average Bonchev–Trinajstić information content (AvgIpc) is 3.96. The van der Waals surface area contributed by atoms with Crippen LogP contribution < -0.4 is 25.6 Å². The Morgan fingerprint density at radius 2 is 1.71 bits per heavy atom. The number of ether oxygens (including phenoxy) is 2. The minimum Gasteiger partial charge on any atom is -0.489 e. The molecule has 2 aromatic heterocycles. The van der Waals surface area contributed by atoms with E-state index in [0.717, 1.165) is 33.8 Å². The van der Waals surface area contributed by atoms with Crippen LogP contribution >= 0.6 is 11.3 Å². The molecule has 0 unspecified atom stereocenters. The molecule has 5 amide bonds. The number of β-amino-alcohol motifs (C(OH)–C–C–N with tert-alkyl or cyclic N) is 1. The number of alkyl halides is 3. The monoisotopic (exact) mass is 1030 g/mol. The molecule has 0 bridgehead atoms. The first kappa shape index (κ1) is 54.3. The second-order valence-corrected chi connectivity index (χ2v) is 21.9. The number of halogens is 3. The van der Waals surface area contributed by atoms with Crippen molar-refractivity contribution in [2.75, 3.05) is 50.8 Å². The average molecular weight is 1030 g/mol. The second kappa shape index (κ2) is 21.5. The van der Waals surface area contributed by atoms with Gasteiger partial charge in [-0.1, -0.05) is 72.7 Å². The number of amides is 5. The Balaban J connectivity index is 0.844. The van der Waals surface area contributed by atoms with Gasteiger partial charge in [0.15, 0.2) is 0 Å². The normalized spacial score (nSPS) is 21.2. The van der Waals surface area contributed by atoms with E-state index < -0.39 is 87.5 Å². The number of nitriles is 1. The van der Waals surface area contributed by atoms with Crippen molar-refractivity contribution in [3.05, 3.63) is 94.4 Å². The molecule has 0 spiro atoms. The molecule has 390 valence electrons. The molecule has 4 aromatic rings. The maximum Gasteiger partial charge on any atom is 0.417 e. The maximum absolute atomic E-state index is 14.1. The summed E-state index contributed by atoms with van der Waals surface area (Å²) in [6.07, 6.45) is -4.75. The summed E-state index contributed by atoms with van der Waals surface area (Å²) in [7, 11) is 0. The molecule has 17 nitrogen and oxygen atoms in total. The number of benzene rings is 2. The van der Waals surface area contributed by atoms with Crippen LogP contribution in [0.2, 0.25) is 0 Å². The molecule has 3 aliphatic rings. The van der Waals surface area contributed by atoms with E-state index in [-0.39, 0.29) is 56.6 Å². The molecular weight excluding hydrogens is 968 g/mol. The van der Waals surface area contributed by atoms with Crippen molar-refractivity contribution >= 4 is 46.6 Å².